The van der Waals surface area contributed by atoms with Gasteiger partial charge in [-0.05, 0) is 47.9 Å². The van der Waals surface area contributed by atoms with Crippen molar-refractivity contribution in [3.8, 4) is 22.3 Å². The number of halogens is 1. The summed E-state index contributed by atoms with van der Waals surface area (Å²) < 4.78 is 0. The van der Waals surface area contributed by atoms with Crippen LogP contribution in [0.25, 0.3) is 22.3 Å². The van der Waals surface area contributed by atoms with E-state index in [0.717, 1.165) is 49.3 Å². The molecule has 0 radical (unpaired) electrons. The fraction of sp³-hybridized carbons (Fsp3) is 0.208. The highest BCUT2D eigenvalue weighted by molar-refractivity contribution is 6.33. The van der Waals surface area contributed by atoms with E-state index in [1.54, 1.807) is 0 Å². The zero-order chi connectivity index (χ0) is 19.3. The molecule has 1 saturated heterocycles. The molecule has 3 nitrogen and oxygen atoms in total. The van der Waals surface area contributed by atoms with E-state index in [1.807, 2.05) is 41.3 Å². The minimum absolute atomic E-state index is 0.0718. The van der Waals surface area contributed by atoms with Crippen LogP contribution in [0.1, 0.15) is 16.8 Å². The lowest BCUT2D eigenvalue weighted by atomic mass is 9.99. The third-order valence-electron chi connectivity index (χ3n) is 5.14. The maximum Gasteiger partial charge on any atom is 0.253 e. The van der Waals surface area contributed by atoms with Crippen LogP contribution in [0.2, 0.25) is 5.02 Å². The minimum atomic E-state index is 0.0718. The predicted octanol–water partition coefficient (Wildman–Crippen LogP) is 5.11. The van der Waals surface area contributed by atoms with Gasteiger partial charge < -0.3 is 10.2 Å². The third-order valence-corrected chi connectivity index (χ3v) is 5.47. The van der Waals surface area contributed by atoms with Crippen molar-refractivity contribution in [1.29, 1.82) is 0 Å². The Kier molecular flexibility index (Phi) is 5.75. The summed E-state index contributed by atoms with van der Waals surface area (Å²) in [5.74, 6) is 0.0718. The molecule has 0 unspecified atom stereocenters. The van der Waals surface area contributed by atoms with Crippen LogP contribution in [0.5, 0.6) is 0 Å². The van der Waals surface area contributed by atoms with Gasteiger partial charge in [0.15, 0.2) is 0 Å². The Balaban J connectivity index is 1.61. The molecule has 1 amide bonds. The number of carbonyl (C=O) groups excluding carboxylic acids is 1. The number of hydrogen-bond acceptors (Lipinski definition) is 2. The van der Waals surface area contributed by atoms with E-state index in [0.29, 0.717) is 10.6 Å². The van der Waals surface area contributed by atoms with Gasteiger partial charge in [0.2, 0.25) is 0 Å². The van der Waals surface area contributed by atoms with E-state index < -0.39 is 0 Å². The van der Waals surface area contributed by atoms with Gasteiger partial charge >= 0.3 is 0 Å². The second-order valence-corrected chi connectivity index (χ2v) is 7.44. The Morgan fingerprint density at radius 3 is 2.32 bits per heavy atom. The number of amides is 1. The number of hydrogen-bond donors (Lipinski definition) is 1. The zero-order valence-corrected chi connectivity index (χ0v) is 16.5. The molecule has 1 aliphatic rings. The van der Waals surface area contributed by atoms with Gasteiger partial charge in [-0.2, -0.15) is 0 Å². The van der Waals surface area contributed by atoms with Gasteiger partial charge in [0.1, 0.15) is 0 Å². The highest BCUT2D eigenvalue weighted by Crippen LogP contribution is 2.31. The highest BCUT2D eigenvalue weighted by atomic mass is 35.5. The van der Waals surface area contributed by atoms with Gasteiger partial charge in [-0.15, -0.1) is 0 Å². The van der Waals surface area contributed by atoms with Gasteiger partial charge in [0, 0.05) is 35.8 Å². The number of nitrogens with zero attached hydrogens (tertiary/aromatic N) is 1. The van der Waals surface area contributed by atoms with Gasteiger partial charge in [-0.1, -0.05) is 66.2 Å². The van der Waals surface area contributed by atoms with Crippen LogP contribution >= 0.6 is 11.6 Å². The van der Waals surface area contributed by atoms with E-state index in [1.165, 1.54) is 5.56 Å². The second kappa shape index (κ2) is 8.59. The van der Waals surface area contributed by atoms with Crippen LogP contribution in [0.15, 0.2) is 72.8 Å². The van der Waals surface area contributed by atoms with Gasteiger partial charge in [-0.3, -0.25) is 4.79 Å². The van der Waals surface area contributed by atoms with E-state index >= 15 is 0 Å². The van der Waals surface area contributed by atoms with Crippen LogP contribution in [-0.2, 0) is 0 Å². The Bertz CT molecular complexity index is 946. The van der Waals surface area contributed by atoms with Crippen LogP contribution in [-0.4, -0.2) is 37.0 Å². The highest BCUT2D eigenvalue weighted by Gasteiger charge is 2.18. The van der Waals surface area contributed by atoms with Crippen LogP contribution in [0.3, 0.4) is 0 Å². The third kappa shape index (κ3) is 4.11. The fourth-order valence-electron chi connectivity index (χ4n) is 3.58. The second-order valence-electron chi connectivity index (χ2n) is 7.03. The molecular formula is C24H23ClN2O. The van der Waals surface area contributed by atoms with Gasteiger partial charge in [-0.25, -0.2) is 0 Å². The molecule has 0 aromatic heterocycles. The maximum absolute atomic E-state index is 12.9. The van der Waals surface area contributed by atoms with E-state index in [-0.39, 0.29) is 5.91 Å². The molecule has 0 saturated carbocycles. The van der Waals surface area contributed by atoms with E-state index in [9.17, 15) is 4.79 Å². The normalized spacial score (nSPS) is 14.5. The lowest BCUT2D eigenvalue weighted by Gasteiger charge is -2.20. The standard InChI is InChI=1S/C24H23ClN2O/c25-23-12-11-21(24(28)27-15-4-13-26-14-16-27)17-22(23)20-9-7-19(8-10-20)18-5-2-1-3-6-18/h1-3,5-12,17,26H,4,13-16H2. The van der Waals surface area contributed by atoms with E-state index in [4.69, 9.17) is 11.6 Å². The first-order valence-corrected chi connectivity index (χ1v) is 10.1. The van der Waals surface area contributed by atoms with Crippen molar-refractivity contribution in [2.45, 2.75) is 6.42 Å². The molecule has 0 spiro atoms. The van der Waals surface area contributed by atoms with Crippen LogP contribution < -0.4 is 5.32 Å². The summed E-state index contributed by atoms with van der Waals surface area (Å²) in [5, 5.41) is 3.99. The molecule has 28 heavy (non-hydrogen) atoms. The summed E-state index contributed by atoms with van der Waals surface area (Å²) in [7, 11) is 0. The first-order chi connectivity index (χ1) is 13.7. The average molecular weight is 391 g/mol. The molecule has 3 aromatic rings. The van der Waals surface area contributed by atoms with Crippen molar-refractivity contribution in [2.24, 2.45) is 0 Å². The summed E-state index contributed by atoms with van der Waals surface area (Å²) in [6.45, 7) is 3.33. The predicted molar refractivity (Wildman–Crippen MR) is 116 cm³/mol. The molecule has 4 heteroatoms. The topological polar surface area (TPSA) is 32.3 Å². The largest absolute Gasteiger partial charge is 0.337 e. The Hall–Kier alpha value is -2.62. The molecule has 4 rings (SSSR count). The molecule has 142 valence electrons. The lowest BCUT2D eigenvalue weighted by molar-refractivity contribution is 0.0766. The quantitative estimate of drug-likeness (QED) is 0.674. The smallest absolute Gasteiger partial charge is 0.253 e. The van der Waals surface area contributed by atoms with Crippen molar-refractivity contribution >= 4 is 17.5 Å². The fourth-order valence-corrected chi connectivity index (χ4v) is 3.81. The molecule has 1 aliphatic heterocycles. The van der Waals surface area contributed by atoms with Crippen molar-refractivity contribution in [1.82, 2.24) is 10.2 Å². The van der Waals surface area contributed by atoms with Crippen molar-refractivity contribution in [3.05, 3.63) is 83.4 Å². The number of benzene rings is 3. The summed E-state index contributed by atoms with van der Waals surface area (Å²) >= 11 is 6.47. The van der Waals surface area contributed by atoms with Gasteiger partial charge in [0.25, 0.3) is 5.91 Å². The van der Waals surface area contributed by atoms with Crippen LogP contribution in [0.4, 0.5) is 0 Å². The number of carbonyl (C=O) groups is 1. The monoisotopic (exact) mass is 390 g/mol. The lowest BCUT2D eigenvalue weighted by Crippen LogP contribution is -2.34. The van der Waals surface area contributed by atoms with Gasteiger partial charge in [0.05, 0.1) is 0 Å². The summed E-state index contributed by atoms with van der Waals surface area (Å²) in [5.41, 5.74) is 4.92. The average Bonchev–Trinajstić information content (AvgIpc) is 3.04. The summed E-state index contributed by atoms with van der Waals surface area (Å²) in [6, 6.07) is 24.2. The molecular weight excluding hydrogens is 368 g/mol. The SMILES string of the molecule is O=C(c1ccc(Cl)c(-c2ccc(-c3ccccc3)cc2)c1)N1CCCNCC1. The molecule has 1 heterocycles. The Morgan fingerprint density at radius 2 is 1.54 bits per heavy atom. The molecule has 0 atom stereocenters. The van der Waals surface area contributed by atoms with Crippen molar-refractivity contribution < 1.29 is 4.79 Å². The van der Waals surface area contributed by atoms with Crippen LogP contribution in [0, 0.1) is 0 Å². The number of rotatable bonds is 3. The van der Waals surface area contributed by atoms with Crippen molar-refractivity contribution in [2.75, 3.05) is 26.2 Å². The Labute approximate surface area is 171 Å². The summed E-state index contributed by atoms with van der Waals surface area (Å²) in [4.78, 5) is 14.9. The number of nitrogens with one attached hydrogen (secondary N) is 1. The molecule has 1 fully saturated rings. The minimum Gasteiger partial charge on any atom is -0.337 e. The molecule has 1 N–H and O–H groups in total. The first kappa shape index (κ1) is 18.7. The maximum atomic E-state index is 12.9. The molecule has 0 aliphatic carbocycles. The molecule has 3 aromatic carbocycles. The zero-order valence-electron chi connectivity index (χ0n) is 15.7. The van der Waals surface area contributed by atoms with E-state index in [2.05, 4.69) is 41.7 Å². The summed E-state index contributed by atoms with van der Waals surface area (Å²) in [6.07, 6.45) is 0.979. The molecule has 0 bridgehead atoms. The van der Waals surface area contributed by atoms with Crippen molar-refractivity contribution in [3.63, 3.8) is 0 Å². The Morgan fingerprint density at radius 1 is 0.821 bits per heavy atom. The first-order valence-electron chi connectivity index (χ1n) is 9.68.